The minimum atomic E-state index is 0.587. The predicted octanol–water partition coefficient (Wildman–Crippen LogP) is 3.69. The molecular weight excluding hydrogens is 246 g/mol. The summed E-state index contributed by atoms with van der Waals surface area (Å²) in [7, 11) is 0. The molecule has 1 N–H and O–H groups in total. The normalized spacial score (nSPS) is 35.5. The van der Waals surface area contributed by atoms with Gasteiger partial charge in [-0.1, -0.05) is 39.0 Å². The molecule has 0 amide bonds. The van der Waals surface area contributed by atoms with Crippen molar-refractivity contribution >= 4 is 5.96 Å². The zero-order valence-electron chi connectivity index (χ0n) is 13.3. The van der Waals surface area contributed by atoms with Gasteiger partial charge in [0.05, 0.1) is 6.04 Å². The van der Waals surface area contributed by atoms with E-state index in [-0.39, 0.29) is 0 Å². The first-order valence-corrected chi connectivity index (χ1v) is 8.90. The van der Waals surface area contributed by atoms with E-state index in [1.165, 1.54) is 70.2 Å². The Morgan fingerprint density at radius 1 is 1.10 bits per heavy atom. The molecule has 3 aliphatic heterocycles. The summed E-state index contributed by atoms with van der Waals surface area (Å²) >= 11 is 0. The smallest absolute Gasteiger partial charge is 0.194 e. The minimum absolute atomic E-state index is 0.587. The molecule has 20 heavy (non-hydrogen) atoms. The Bertz CT molecular complexity index is 352. The summed E-state index contributed by atoms with van der Waals surface area (Å²) in [5.74, 6) is 1.24. The Morgan fingerprint density at radius 3 is 2.65 bits per heavy atom. The van der Waals surface area contributed by atoms with E-state index >= 15 is 0 Å². The molecule has 3 nitrogen and oxygen atoms in total. The topological polar surface area (TPSA) is 27.6 Å². The van der Waals surface area contributed by atoms with Gasteiger partial charge in [-0.2, -0.15) is 0 Å². The fraction of sp³-hybridized carbons (Fsp3) is 0.941. The van der Waals surface area contributed by atoms with Crippen molar-refractivity contribution in [3.63, 3.8) is 0 Å². The molecule has 3 aliphatic rings. The van der Waals surface area contributed by atoms with Crippen molar-refractivity contribution in [2.75, 3.05) is 0 Å². The van der Waals surface area contributed by atoms with Gasteiger partial charge >= 0.3 is 0 Å². The minimum Gasteiger partial charge on any atom is -0.354 e. The van der Waals surface area contributed by atoms with E-state index in [1.807, 2.05) is 0 Å². The monoisotopic (exact) mass is 277 g/mol. The maximum Gasteiger partial charge on any atom is 0.194 e. The highest BCUT2D eigenvalue weighted by atomic mass is 15.4. The Balaban J connectivity index is 1.54. The molecule has 0 unspecified atom stereocenters. The largest absolute Gasteiger partial charge is 0.354 e. The molecule has 114 valence electrons. The summed E-state index contributed by atoms with van der Waals surface area (Å²) in [6.45, 7) is 4.59. The third-order valence-corrected chi connectivity index (χ3v) is 5.36. The molecule has 0 radical (unpaired) electrons. The molecule has 3 heteroatoms. The van der Waals surface area contributed by atoms with E-state index in [9.17, 15) is 0 Å². The van der Waals surface area contributed by atoms with Crippen LogP contribution in [0.25, 0.3) is 0 Å². The van der Waals surface area contributed by atoms with Crippen LogP contribution < -0.4 is 5.32 Å². The van der Waals surface area contributed by atoms with Crippen LogP contribution in [0.15, 0.2) is 4.99 Å². The standard InChI is InChI=1S/C17H31N3/c1-3-4-5-6-7-8-14-12-16-10-9-15-11-13(2)18-17(19-14)20(15)16/h13-16H,3-12H2,1-2H3,(H,18,19)/t13-,14+,15+,16-/m1/s1. The zero-order chi connectivity index (χ0) is 13.9. The van der Waals surface area contributed by atoms with Gasteiger partial charge in [0.25, 0.3) is 0 Å². The summed E-state index contributed by atoms with van der Waals surface area (Å²) in [4.78, 5) is 7.66. The maximum absolute atomic E-state index is 5.04. The highest BCUT2D eigenvalue weighted by molar-refractivity contribution is 5.83. The van der Waals surface area contributed by atoms with Crippen LogP contribution in [0.5, 0.6) is 0 Å². The van der Waals surface area contributed by atoms with Crippen molar-refractivity contribution in [3.05, 3.63) is 0 Å². The van der Waals surface area contributed by atoms with Gasteiger partial charge in [0.15, 0.2) is 5.96 Å². The van der Waals surface area contributed by atoms with Crippen LogP contribution in [0.1, 0.15) is 78.1 Å². The molecule has 2 fully saturated rings. The number of nitrogens with one attached hydrogen (secondary N) is 1. The molecule has 2 saturated heterocycles. The average molecular weight is 277 g/mol. The van der Waals surface area contributed by atoms with Crippen LogP contribution in [-0.2, 0) is 0 Å². The molecule has 0 bridgehead atoms. The van der Waals surface area contributed by atoms with Crippen molar-refractivity contribution in [1.29, 1.82) is 0 Å². The van der Waals surface area contributed by atoms with Gasteiger partial charge in [0, 0.05) is 18.1 Å². The highest BCUT2D eigenvalue weighted by Gasteiger charge is 2.43. The van der Waals surface area contributed by atoms with E-state index in [1.54, 1.807) is 0 Å². The lowest BCUT2D eigenvalue weighted by atomic mass is 9.98. The third-order valence-electron chi connectivity index (χ3n) is 5.36. The SMILES string of the molecule is CCCCCCC[C@H]1C[C@H]2CC[C@H]3C[C@@H](C)NC(=N1)N23. The van der Waals surface area contributed by atoms with Crippen LogP contribution in [0.3, 0.4) is 0 Å². The molecule has 3 rings (SSSR count). The molecular formula is C17H31N3. The highest BCUT2D eigenvalue weighted by Crippen LogP contribution is 2.36. The van der Waals surface area contributed by atoms with E-state index < -0.39 is 0 Å². The number of hydrogen-bond acceptors (Lipinski definition) is 3. The van der Waals surface area contributed by atoms with E-state index in [2.05, 4.69) is 24.1 Å². The lowest BCUT2D eigenvalue weighted by Crippen LogP contribution is -2.59. The maximum atomic E-state index is 5.04. The van der Waals surface area contributed by atoms with Gasteiger partial charge in [-0.25, -0.2) is 4.99 Å². The Kier molecular flexibility index (Phi) is 4.52. The third kappa shape index (κ3) is 2.96. The summed E-state index contributed by atoms with van der Waals surface area (Å²) in [5, 5.41) is 3.64. The summed E-state index contributed by atoms with van der Waals surface area (Å²) in [5.41, 5.74) is 0. The first-order valence-electron chi connectivity index (χ1n) is 8.90. The molecule has 0 spiro atoms. The van der Waals surface area contributed by atoms with Gasteiger partial charge in [-0.15, -0.1) is 0 Å². The number of rotatable bonds is 6. The van der Waals surface area contributed by atoms with Crippen molar-refractivity contribution < 1.29 is 0 Å². The van der Waals surface area contributed by atoms with Crippen molar-refractivity contribution in [1.82, 2.24) is 10.2 Å². The zero-order valence-corrected chi connectivity index (χ0v) is 13.3. The lowest BCUT2D eigenvalue weighted by Gasteiger charge is -2.44. The quantitative estimate of drug-likeness (QED) is 0.750. The number of unbranched alkanes of at least 4 members (excludes halogenated alkanes) is 4. The summed E-state index contributed by atoms with van der Waals surface area (Å²) < 4.78 is 0. The van der Waals surface area contributed by atoms with E-state index in [0.717, 1.165) is 12.1 Å². The molecule has 3 heterocycles. The van der Waals surface area contributed by atoms with Gasteiger partial charge in [-0.05, 0) is 39.0 Å². The molecule has 0 aromatic carbocycles. The molecule has 0 saturated carbocycles. The van der Waals surface area contributed by atoms with E-state index in [0.29, 0.717) is 12.1 Å². The van der Waals surface area contributed by atoms with Crippen LogP contribution in [-0.4, -0.2) is 35.0 Å². The number of guanidine groups is 1. The predicted molar refractivity (Wildman–Crippen MR) is 85.1 cm³/mol. The molecule has 0 aliphatic carbocycles. The van der Waals surface area contributed by atoms with Crippen LogP contribution in [0.2, 0.25) is 0 Å². The van der Waals surface area contributed by atoms with Crippen molar-refractivity contribution in [3.8, 4) is 0 Å². The van der Waals surface area contributed by atoms with Crippen molar-refractivity contribution in [2.45, 2.75) is 102 Å². The molecule has 4 atom stereocenters. The number of aliphatic imine (C=N–C) groups is 1. The van der Waals surface area contributed by atoms with Crippen molar-refractivity contribution in [2.24, 2.45) is 4.99 Å². The second-order valence-corrected chi connectivity index (χ2v) is 7.12. The number of hydrogen-bond donors (Lipinski definition) is 1. The summed E-state index contributed by atoms with van der Waals surface area (Å²) in [6, 6.07) is 2.76. The Morgan fingerprint density at radius 2 is 1.85 bits per heavy atom. The second-order valence-electron chi connectivity index (χ2n) is 7.12. The molecule has 0 aromatic heterocycles. The van der Waals surface area contributed by atoms with Gasteiger partial charge < -0.3 is 10.2 Å². The number of nitrogens with zero attached hydrogens (tertiary/aromatic N) is 2. The molecule has 0 aromatic rings. The Hall–Kier alpha value is -0.730. The van der Waals surface area contributed by atoms with Gasteiger partial charge in [0.1, 0.15) is 0 Å². The van der Waals surface area contributed by atoms with E-state index in [4.69, 9.17) is 4.99 Å². The lowest BCUT2D eigenvalue weighted by molar-refractivity contribution is 0.209. The van der Waals surface area contributed by atoms with Gasteiger partial charge in [-0.3, -0.25) is 0 Å². The first-order chi connectivity index (χ1) is 9.78. The second kappa shape index (κ2) is 6.36. The first kappa shape index (κ1) is 14.2. The Labute approximate surface area is 124 Å². The fourth-order valence-corrected chi connectivity index (χ4v) is 4.34. The van der Waals surface area contributed by atoms with Crippen LogP contribution >= 0.6 is 0 Å². The summed E-state index contributed by atoms with van der Waals surface area (Å²) in [6.07, 6.45) is 13.6. The van der Waals surface area contributed by atoms with Gasteiger partial charge in [0.2, 0.25) is 0 Å². The average Bonchev–Trinajstić information content (AvgIpc) is 2.82. The van der Waals surface area contributed by atoms with Crippen LogP contribution in [0.4, 0.5) is 0 Å². The van der Waals surface area contributed by atoms with Crippen LogP contribution in [0, 0.1) is 0 Å². The fourth-order valence-electron chi connectivity index (χ4n) is 4.34.